The summed E-state index contributed by atoms with van der Waals surface area (Å²) in [6, 6.07) is 8.51. The van der Waals surface area contributed by atoms with E-state index in [1.807, 2.05) is 26.0 Å². The van der Waals surface area contributed by atoms with Crippen molar-refractivity contribution >= 4 is 21.2 Å². The van der Waals surface area contributed by atoms with E-state index in [1.165, 1.54) is 6.07 Å². The number of ether oxygens (including phenoxy) is 2. The molecule has 0 bridgehead atoms. The molecule has 3 aromatic rings. The zero-order valence-corrected chi connectivity index (χ0v) is 18.0. The molecule has 0 saturated heterocycles. The van der Waals surface area contributed by atoms with Gasteiger partial charge in [0.15, 0.2) is 11.5 Å². The molecule has 1 aliphatic heterocycles. The largest absolute Gasteiger partial charge is 0.486 e. The van der Waals surface area contributed by atoms with Crippen molar-refractivity contribution in [3.63, 3.8) is 0 Å². The minimum absolute atomic E-state index is 0.110. The fraction of sp³-hybridized carbons (Fsp3) is 0.364. The van der Waals surface area contributed by atoms with Crippen molar-refractivity contribution in [2.75, 3.05) is 6.61 Å². The van der Waals surface area contributed by atoms with Gasteiger partial charge in [-0.1, -0.05) is 31.5 Å². The van der Waals surface area contributed by atoms with Gasteiger partial charge in [-0.15, -0.1) is 0 Å². The zero-order chi connectivity index (χ0) is 21.5. The number of rotatable bonds is 5. The maximum absolute atomic E-state index is 11.8. The lowest BCUT2D eigenvalue weighted by Crippen LogP contribution is -2.32. The van der Waals surface area contributed by atoms with E-state index >= 15 is 0 Å². The molecule has 0 radical (unpaired) electrons. The molecule has 1 aromatic heterocycles. The molecule has 1 atom stereocenters. The Morgan fingerprint density at radius 2 is 1.83 bits per heavy atom. The van der Waals surface area contributed by atoms with Gasteiger partial charge in [-0.3, -0.25) is 4.55 Å². The molecule has 1 aliphatic rings. The van der Waals surface area contributed by atoms with Crippen LogP contribution in [-0.2, 0) is 29.4 Å². The lowest BCUT2D eigenvalue weighted by molar-refractivity contribution is 0.0926. The van der Waals surface area contributed by atoms with E-state index in [0.717, 1.165) is 35.3 Å². The molecule has 8 heteroatoms. The summed E-state index contributed by atoms with van der Waals surface area (Å²) in [4.78, 5) is 9.41. The topological polar surface area (TPSA) is 98.6 Å². The van der Waals surface area contributed by atoms with E-state index in [4.69, 9.17) is 19.4 Å². The van der Waals surface area contributed by atoms with Gasteiger partial charge in [0.25, 0.3) is 10.1 Å². The van der Waals surface area contributed by atoms with Crippen LogP contribution < -0.4 is 9.47 Å². The van der Waals surface area contributed by atoms with Crippen LogP contribution in [-0.4, -0.2) is 35.6 Å². The summed E-state index contributed by atoms with van der Waals surface area (Å²) >= 11 is 0. The molecule has 4 rings (SSSR count). The molecule has 1 unspecified atom stereocenters. The Balaban J connectivity index is 1.72. The summed E-state index contributed by atoms with van der Waals surface area (Å²) in [5.41, 5.74) is 4.66. The highest BCUT2D eigenvalue weighted by atomic mass is 32.2. The van der Waals surface area contributed by atoms with Crippen LogP contribution in [0.3, 0.4) is 0 Å². The van der Waals surface area contributed by atoms with Crippen LogP contribution in [0, 0.1) is 6.92 Å². The van der Waals surface area contributed by atoms with Gasteiger partial charge in [-0.05, 0) is 43.5 Å². The summed E-state index contributed by atoms with van der Waals surface area (Å²) in [7, 11) is -4.33. The Morgan fingerprint density at radius 3 is 2.53 bits per heavy atom. The third-order valence-corrected chi connectivity index (χ3v) is 6.18. The van der Waals surface area contributed by atoms with Gasteiger partial charge in [0.1, 0.15) is 18.2 Å². The molecule has 0 spiro atoms. The van der Waals surface area contributed by atoms with Crippen molar-refractivity contribution in [2.24, 2.45) is 0 Å². The Morgan fingerprint density at radius 1 is 1.10 bits per heavy atom. The summed E-state index contributed by atoms with van der Waals surface area (Å²) in [5.74, 6) is 1.12. The van der Waals surface area contributed by atoms with Gasteiger partial charge in [0, 0.05) is 6.42 Å². The van der Waals surface area contributed by atoms with Crippen molar-refractivity contribution < 1.29 is 22.4 Å². The van der Waals surface area contributed by atoms with E-state index in [0.29, 0.717) is 22.6 Å². The Kier molecular flexibility index (Phi) is 5.38. The summed E-state index contributed by atoms with van der Waals surface area (Å²) in [5, 5.41) is 0. The first kappa shape index (κ1) is 20.6. The van der Waals surface area contributed by atoms with Crippen LogP contribution in [0.5, 0.6) is 11.5 Å². The van der Waals surface area contributed by atoms with Gasteiger partial charge >= 0.3 is 0 Å². The summed E-state index contributed by atoms with van der Waals surface area (Å²) in [6.45, 7) is 6.22. The van der Waals surface area contributed by atoms with Crippen molar-refractivity contribution in [1.29, 1.82) is 0 Å². The van der Waals surface area contributed by atoms with Crippen LogP contribution >= 0.6 is 0 Å². The van der Waals surface area contributed by atoms with E-state index < -0.39 is 16.2 Å². The van der Waals surface area contributed by atoms with Gasteiger partial charge in [0.05, 0.1) is 21.8 Å². The number of nitrogens with zero attached hydrogens (tertiary/aromatic N) is 2. The number of benzene rings is 2. The molecule has 0 saturated carbocycles. The van der Waals surface area contributed by atoms with Crippen molar-refractivity contribution in [1.82, 2.24) is 9.97 Å². The molecule has 0 aliphatic carbocycles. The second-order valence-corrected chi connectivity index (χ2v) is 8.82. The monoisotopic (exact) mass is 428 g/mol. The Labute approximate surface area is 175 Å². The van der Waals surface area contributed by atoms with Gasteiger partial charge < -0.3 is 9.47 Å². The molecule has 0 fully saturated rings. The SMILES string of the molecule is CCc1nc2ccc3c(c2nc1CC)OC(Cc1cc(C)ccc1S(=O)(=O)O)CO3. The highest BCUT2D eigenvalue weighted by Gasteiger charge is 2.27. The van der Waals surface area contributed by atoms with Crippen LogP contribution in [0.2, 0.25) is 0 Å². The van der Waals surface area contributed by atoms with Crippen molar-refractivity contribution in [3.05, 3.63) is 52.8 Å². The molecule has 2 heterocycles. The number of fused-ring (bicyclic) bond motifs is 3. The standard InChI is InChI=1S/C22H24N2O5S/c1-4-16-17(5-2)24-21-18(23-16)7-8-19-22(21)29-15(12-28-19)11-14-10-13(3)6-9-20(14)30(25,26)27/h6-10,15H,4-5,11-12H2,1-3H3,(H,25,26,27). The maximum Gasteiger partial charge on any atom is 0.294 e. The predicted octanol–water partition coefficient (Wildman–Crippen LogP) is 3.69. The third kappa shape index (κ3) is 3.85. The number of hydrogen-bond donors (Lipinski definition) is 1. The minimum atomic E-state index is -4.33. The van der Waals surface area contributed by atoms with Crippen LogP contribution in [0.4, 0.5) is 0 Å². The van der Waals surface area contributed by atoms with Gasteiger partial charge in [0.2, 0.25) is 0 Å². The van der Waals surface area contributed by atoms with Gasteiger partial charge in [-0.25, -0.2) is 9.97 Å². The molecular weight excluding hydrogens is 404 g/mol. The first-order chi connectivity index (χ1) is 14.3. The predicted molar refractivity (Wildman–Crippen MR) is 113 cm³/mol. The maximum atomic E-state index is 11.8. The molecule has 1 N–H and O–H groups in total. The quantitative estimate of drug-likeness (QED) is 0.619. The highest BCUT2D eigenvalue weighted by Crippen LogP contribution is 2.38. The second kappa shape index (κ2) is 7.85. The van der Waals surface area contributed by atoms with Crippen molar-refractivity contribution in [3.8, 4) is 11.5 Å². The Bertz CT molecular complexity index is 1220. The first-order valence-electron chi connectivity index (χ1n) is 9.99. The van der Waals surface area contributed by atoms with Crippen LogP contribution in [0.1, 0.15) is 36.4 Å². The fourth-order valence-electron chi connectivity index (χ4n) is 3.79. The average Bonchev–Trinajstić information content (AvgIpc) is 2.71. The lowest BCUT2D eigenvalue weighted by atomic mass is 10.0. The van der Waals surface area contributed by atoms with E-state index in [9.17, 15) is 13.0 Å². The third-order valence-electron chi connectivity index (χ3n) is 5.23. The Hall–Kier alpha value is -2.71. The van der Waals surface area contributed by atoms with Gasteiger partial charge in [-0.2, -0.15) is 8.42 Å². The molecule has 0 amide bonds. The summed E-state index contributed by atoms with van der Waals surface area (Å²) < 4.78 is 45.3. The summed E-state index contributed by atoms with van der Waals surface area (Å²) in [6.07, 6.45) is 1.41. The zero-order valence-electron chi connectivity index (χ0n) is 17.2. The highest BCUT2D eigenvalue weighted by molar-refractivity contribution is 7.85. The van der Waals surface area contributed by atoms with Crippen molar-refractivity contribution in [2.45, 2.75) is 51.0 Å². The van der Waals surface area contributed by atoms with Crippen LogP contribution in [0.25, 0.3) is 11.0 Å². The smallest absolute Gasteiger partial charge is 0.294 e. The molecule has 7 nitrogen and oxygen atoms in total. The van der Waals surface area contributed by atoms with Crippen LogP contribution in [0.15, 0.2) is 35.2 Å². The van der Waals surface area contributed by atoms with E-state index in [-0.39, 0.29) is 17.9 Å². The minimum Gasteiger partial charge on any atom is -0.486 e. The molecule has 30 heavy (non-hydrogen) atoms. The number of aromatic nitrogens is 2. The lowest BCUT2D eigenvalue weighted by Gasteiger charge is -2.28. The van der Waals surface area contributed by atoms with E-state index in [1.54, 1.807) is 12.1 Å². The normalized spacial score (nSPS) is 16.1. The molecule has 158 valence electrons. The fourth-order valence-corrected chi connectivity index (χ4v) is 4.51. The molecule has 2 aromatic carbocycles. The number of aryl methyl sites for hydroxylation is 3. The number of hydrogen-bond acceptors (Lipinski definition) is 6. The first-order valence-corrected chi connectivity index (χ1v) is 11.4. The molecular formula is C22H24N2O5S. The average molecular weight is 429 g/mol. The van der Waals surface area contributed by atoms with E-state index in [2.05, 4.69) is 6.92 Å². The second-order valence-electron chi connectivity index (χ2n) is 7.43.